The second-order valence-corrected chi connectivity index (χ2v) is 6.75. The van der Waals surface area contributed by atoms with Crippen molar-refractivity contribution < 1.29 is 14.3 Å². The van der Waals surface area contributed by atoms with Crippen LogP contribution in [0.15, 0.2) is 36.7 Å². The van der Waals surface area contributed by atoms with E-state index < -0.39 is 5.54 Å². The van der Waals surface area contributed by atoms with Crippen molar-refractivity contribution in [3.05, 3.63) is 42.2 Å². The molecule has 7 nitrogen and oxygen atoms in total. The fourth-order valence-corrected chi connectivity index (χ4v) is 3.59. The number of fused-ring (bicyclic) bond motifs is 1. The molecule has 2 N–H and O–H groups in total. The molecule has 0 saturated carbocycles. The summed E-state index contributed by atoms with van der Waals surface area (Å²) in [6.07, 6.45) is 5.92. The number of nitrogens with zero attached hydrogens (tertiary/aromatic N) is 2. The van der Waals surface area contributed by atoms with Gasteiger partial charge in [0.05, 0.1) is 13.2 Å². The molecule has 0 atom stereocenters. The van der Waals surface area contributed by atoms with Crippen LogP contribution in [0.4, 0.5) is 0 Å². The second kappa shape index (κ2) is 7.37. The maximum Gasteiger partial charge on any atom is 0.248 e. The monoisotopic (exact) mass is 356 g/mol. The summed E-state index contributed by atoms with van der Waals surface area (Å²) >= 11 is 0. The SMILES string of the molecule is O=C(NCc1ccc2c(c1)OCCCO2)C1(n2cccn2)CCNCC1. The van der Waals surface area contributed by atoms with Gasteiger partial charge in [0.25, 0.3) is 0 Å². The predicted molar refractivity (Wildman–Crippen MR) is 96.2 cm³/mol. The van der Waals surface area contributed by atoms with Crippen LogP contribution >= 0.6 is 0 Å². The zero-order chi connectivity index (χ0) is 17.8. The number of carbonyl (C=O) groups excluding carboxylic acids is 1. The first-order chi connectivity index (χ1) is 12.8. The number of ether oxygens (including phenoxy) is 2. The number of nitrogens with one attached hydrogen (secondary N) is 2. The maximum atomic E-state index is 13.1. The Bertz CT molecular complexity index is 754. The molecule has 3 heterocycles. The quantitative estimate of drug-likeness (QED) is 0.867. The molecular weight excluding hydrogens is 332 g/mol. The summed E-state index contributed by atoms with van der Waals surface area (Å²) < 4.78 is 13.2. The van der Waals surface area contributed by atoms with Gasteiger partial charge < -0.3 is 20.1 Å². The van der Waals surface area contributed by atoms with Gasteiger partial charge in [-0.15, -0.1) is 0 Å². The minimum atomic E-state index is -0.625. The highest BCUT2D eigenvalue weighted by molar-refractivity contribution is 5.84. The van der Waals surface area contributed by atoms with Crippen LogP contribution in [0.2, 0.25) is 0 Å². The average Bonchev–Trinajstić information content (AvgIpc) is 3.13. The molecule has 1 amide bonds. The third-order valence-electron chi connectivity index (χ3n) is 5.06. The van der Waals surface area contributed by atoms with Crippen LogP contribution in [0, 0.1) is 0 Å². The first-order valence-corrected chi connectivity index (χ1v) is 9.16. The van der Waals surface area contributed by atoms with Crippen LogP contribution in [-0.2, 0) is 16.9 Å². The van der Waals surface area contributed by atoms with Gasteiger partial charge in [0, 0.05) is 25.4 Å². The van der Waals surface area contributed by atoms with E-state index in [-0.39, 0.29) is 5.91 Å². The molecule has 1 fully saturated rings. The van der Waals surface area contributed by atoms with Gasteiger partial charge in [-0.3, -0.25) is 9.48 Å². The molecule has 0 unspecified atom stereocenters. The zero-order valence-electron chi connectivity index (χ0n) is 14.7. The molecule has 2 aromatic rings. The lowest BCUT2D eigenvalue weighted by molar-refractivity contribution is -0.132. The van der Waals surface area contributed by atoms with Crippen LogP contribution in [0.1, 0.15) is 24.8 Å². The Morgan fingerprint density at radius 1 is 1.23 bits per heavy atom. The van der Waals surface area contributed by atoms with Gasteiger partial charge in [-0.1, -0.05) is 6.07 Å². The molecular formula is C19H24N4O3. The van der Waals surface area contributed by atoms with Crippen molar-refractivity contribution in [3.8, 4) is 11.5 Å². The van der Waals surface area contributed by atoms with Gasteiger partial charge in [0.1, 0.15) is 5.54 Å². The third-order valence-corrected chi connectivity index (χ3v) is 5.06. The molecule has 0 bridgehead atoms. The highest BCUT2D eigenvalue weighted by Gasteiger charge is 2.41. The van der Waals surface area contributed by atoms with E-state index >= 15 is 0 Å². The normalized spacial score (nSPS) is 18.8. The van der Waals surface area contributed by atoms with Crippen LogP contribution in [0.3, 0.4) is 0 Å². The van der Waals surface area contributed by atoms with Gasteiger partial charge in [-0.2, -0.15) is 5.10 Å². The Morgan fingerprint density at radius 3 is 2.81 bits per heavy atom. The topological polar surface area (TPSA) is 77.4 Å². The molecule has 0 aliphatic carbocycles. The maximum absolute atomic E-state index is 13.1. The number of aromatic nitrogens is 2. The number of carbonyl (C=O) groups is 1. The number of rotatable bonds is 4. The molecule has 2 aliphatic rings. The highest BCUT2D eigenvalue weighted by Crippen LogP contribution is 2.31. The predicted octanol–water partition coefficient (Wildman–Crippen LogP) is 1.44. The van der Waals surface area contributed by atoms with Crippen molar-refractivity contribution in [1.29, 1.82) is 0 Å². The van der Waals surface area contributed by atoms with E-state index in [0.717, 1.165) is 49.4 Å². The van der Waals surface area contributed by atoms with E-state index in [4.69, 9.17) is 9.47 Å². The lowest BCUT2D eigenvalue weighted by Crippen LogP contribution is -2.54. The fraction of sp³-hybridized carbons (Fsp3) is 0.474. The standard InChI is InChI=1S/C19H24N4O3/c24-18(19(5-8-20-9-6-19)23-10-1-7-22-23)21-14-15-3-4-16-17(13-15)26-12-2-11-25-16/h1,3-4,7,10,13,20H,2,5-6,8-9,11-12,14H2,(H,21,24). The van der Waals surface area contributed by atoms with E-state index in [2.05, 4.69) is 15.7 Å². The fourth-order valence-electron chi connectivity index (χ4n) is 3.59. The van der Waals surface area contributed by atoms with Gasteiger partial charge in [0.15, 0.2) is 11.5 Å². The number of amides is 1. The summed E-state index contributed by atoms with van der Waals surface area (Å²) in [5, 5.41) is 10.8. The molecule has 0 spiro atoms. The number of benzene rings is 1. The Balaban J connectivity index is 1.48. The minimum Gasteiger partial charge on any atom is -0.490 e. The zero-order valence-corrected chi connectivity index (χ0v) is 14.7. The Hall–Kier alpha value is -2.54. The molecule has 0 radical (unpaired) electrons. The van der Waals surface area contributed by atoms with Crippen molar-refractivity contribution in [2.75, 3.05) is 26.3 Å². The van der Waals surface area contributed by atoms with E-state index in [1.165, 1.54) is 0 Å². The molecule has 2 aliphatic heterocycles. The van der Waals surface area contributed by atoms with Crippen molar-refractivity contribution >= 4 is 5.91 Å². The molecule has 7 heteroatoms. The Labute approximate surface area is 152 Å². The van der Waals surface area contributed by atoms with Crippen LogP contribution in [0.5, 0.6) is 11.5 Å². The highest BCUT2D eigenvalue weighted by atomic mass is 16.5. The van der Waals surface area contributed by atoms with Gasteiger partial charge in [0.2, 0.25) is 5.91 Å². The molecule has 4 rings (SSSR count). The molecule has 1 saturated heterocycles. The average molecular weight is 356 g/mol. The molecule has 138 valence electrons. The van der Waals surface area contributed by atoms with E-state index in [1.807, 2.05) is 30.5 Å². The van der Waals surface area contributed by atoms with Crippen LogP contribution < -0.4 is 20.1 Å². The smallest absolute Gasteiger partial charge is 0.248 e. The minimum absolute atomic E-state index is 0.00908. The van der Waals surface area contributed by atoms with Gasteiger partial charge in [-0.25, -0.2) is 0 Å². The summed E-state index contributed by atoms with van der Waals surface area (Å²) in [7, 11) is 0. The summed E-state index contributed by atoms with van der Waals surface area (Å²) in [4.78, 5) is 13.1. The largest absolute Gasteiger partial charge is 0.490 e. The summed E-state index contributed by atoms with van der Waals surface area (Å²) in [5.41, 5.74) is 0.368. The number of hydrogen-bond donors (Lipinski definition) is 2. The van der Waals surface area contributed by atoms with Crippen molar-refractivity contribution in [3.63, 3.8) is 0 Å². The van der Waals surface area contributed by atoms with Crippen molar-refractivity contribution in [2.45, 2.75) is 31.3 Å². The summed E-state index contributed by atoms with van der Waals surface area (Å²) in [6.45, 7) is 3.38. The van der Waals surface area contributed by atoms with Crippen molar-refractivity contribution in [1.82, 2.24) is 20.4 Å². The number of hydrogen-bond acceptors (Lipinski definition) is 5. The van der Waals surface area contributed by atoms with E-state index in [1.54, 1.807) is 10.9 Å². The Kier molecular flexibility index (Phi) is 4.79. The lowest BCUT2D eigenvalue weighted by atomic mass is 9.87. The summed E-state index contributed by atoms with van der Waals surface area (Å²) in [6, 6.07) is 7.69. The second-order valence-electron chi connectivity index (χ2n) is 6.75. The number of piperidine rings is 1. The Morgan fingerprint density at radius 2 is 2.04 bits per heavy atom. The molecule has 1 aromatic heterocycles. The van der Waals surface area contributed by atoms with Gasteiger partial charge in [-0.05, 0) is 49.7 Å². The molecule has 1 aromatic carbocycles. The van der Waals surface area contributed by atoms with Crippen LogP contribution in [0.25, 0.3) is 0 Å². The van der Waals surface area contributed by atoms with Crippen LogP contribution in [-0.4, -0.2) is 42.0 Å². The van der Waals surface area contributed by atoms with Crippen molar-refractivity contribution in [2.24, 2.45) is 0 Å². The lowest BCUT2D eigenvalue weighted by Gasteiger charge is -2.36. The van der Waals surface area contributed by atoms with E-state index in [0.29, 0.717) is 19.8 Å². The first kappa shape index (κ1) is 16.9. The van der Waals surface area contributed by atoms with Gasteiger partial charge >= 0.3 is 0 Å². The third kappa shape index (κ3) is 3.26. The van der Waals surface area contributed by atoms with E-state index in [9.17, 15) is 4.79 Å². The first-order valence-electron chi connectivity index (χ1n) is 9.16. The molecule has 26 heavy (non-hydrogen) atoms. The summed E-state index contributed by atoms with van der Waals surface area (Å²) in [5.74, 6) is 1.52.